The Morgan fingerprint density at radius 3 is 2.45 bits per heavy atom. The monoisotopic (exact) mass is 157 g/mol. The molecule has 0 aliphatic carbocycles. The minimum Gasteiger partial charge on any atom is -0.316 e. The van der Waals surface area contributed by atoms with Gasteiger partial charge in [-0.15, -0.1) is 0 Å². The Morgan fingerprint density at radius 1 is 1.18 bits per heavy atom. The van der Waals surface area contributed by atoms with Gasteiger partial charge in [0.1, 0.15) is 0 Å². The average Bonchev–Trinajstić information content (AvgIpc) is 1.99. The summed E-state index contributed by atoms with van der Waals surface area (Å²) < 4.78 is 0. The van der Waals surface area contributed by atoms with Gasteiger partial charge in [0.25, 0.3) is 0 Å². The summed E-state index contributed by atoms with van der Waals surface area (Å²) in [5.74, 6) is 0.858. The van der Waals surface area contributed by atoms with Crippen LogP contribution in [0, 0.1) is 5.92 Å². The van der Waals surface area contributed by atoms with Crippen molar-refractivity contribution in [2.45, 2.75) is 46.5 Å². The number of nitrogens with one attached hydrogen (secondary N) is 1. The normalized spacial score (nSPS) is 13.4. The SMILES string of the molecule is CCCCNCC(C)CCC. The Kier molecular flexibility index (Phi) is 8.03. The summed E-state index contributed by atoms with van der Waals surface area (Å²) in [6.45, 7) is 9.21. The predicted octanol–water partition coefficient (Wildman–Crippen LogP) is 2.81. The fourth-order valence-electron chi connectivity index (χ4n) is 1.25. The Hall–Kier alpha value is -0.0400. The van der Waals surface area contributed by atoms with Crippen LogP contribution in [-0.2, 0) is 0 Å². The molecule has 0 aromatic carbocycles. The van der Waals surface area contributed by atoms with E-state index in [0.717, 1.165) is 5.92 Å². The van der Waals surface area contributed by atoms with Gasteiger partial charge in [0.2, 0.25) is 0 Å². The van der Waals surface area contributed by atoms with Crippen molar-refractivity contribution in [1.29, 1.82) is 0 Å². The minimum absolute atomic E-state index is 0.858. The average molecular weight is 157 g/mol. The molecule has 0 aromatic rings. The molecule has 0 saturated carbocycles. The lowest BCUT2D eigenvalue weighted by molar-refractivity contribution is 0.472. The molecular weight excluding hydrogens is 134 g/mol. The van der Waals surface area contributed by atoms with Crippen molar-refractivity contribution < 1.29 is 0 Å². The molecule has 0 fully saturated rings. The van der Waals surface area contributed by atoms with Crippen molar-refractivity contribution in [3.05, 3.63) is 0 Å². The van der Waals surface area contributed by atoms with Crippen molar-refractivity contribution in [3.8, 4) is 0 Å². The van der Waals surface area contributed by atoms with Crippen LogP contribution in [0.25, 0.3) is 0 Å². The third kappa shape index (κ3) is 7.86. The molecule has 0 aliphatic rings. The van der Waals surface area contributed by atoms with E-state index >= 15 is 0 Å². The topological polar surface area (TPSA) is 12.0 Å². The van der Waals surface area contributed by atoms with E-state index in [-0.39, 0.29) is 0 Å². The van der Waals surface area contributed by atoms with E-state index in [2.05, 4.69) is 26.1 Å². The van der Waals surface area contributed by atoms with Crippen molar-refractivity contribution >= 4 is 0 Å². The van der Waals surface area contributed by atoms with Gasteiger partial charge in [-0.25, -0.2) is 0 Å². The predicted molar refractivity (Wildman–Crippen MR) is 51.8 cm³/mol. The van der Waals surface area contributed by atoms with Crippen LogP contribution in [0.2, 0.25) is 0 Å². The number of unbranched alkanes of at least 4 members (excludes halogenated alkanes) is 1. The molecular formula is C10H23N. The molecule has 0 radical (unpaired) electrons. The van der Waals surface area contributed by atoms with Crippen molar-refractivity contribution in [1.82, 2.24) is 5.32 Å². The molecule has 0 aromatic heterocycles. The molecule has 0 spiro atoms. The molecule has 0 aliphatic heterocycles. The molecule has 1 unspecified atom stereocenters. The van der Waals surface area contributed by atoms with E-state index in [4.69, 9.17) is 0 Å². The lowest BCUT2D eigenvalue weighted by atomic mass is 10.1. The maximum absolute atomic E-state index is 3.47. The Morgan fingerprint density at radius 2 is 1.91 bits per heavy atom. The fourth-order valence-corrected chi connectivity index (χ4v) is 1.25. The molecule has 0 amide bonds. The van der Waals surface area contributed by atoms with Crippen LogP contribution in [0.5, 0.6) is 0 Å². The molecule has 1 nitrogen and oxygen atoms in total. The Labute approximate surface area is 71.6 Å². The fraction of sp³-hybridized carbons (Fsp3) is 1.00. The third-order valence-electron chi connectivity index (χ3n) is 1.98. The largest absolute Gasteiger partial charge is 0.316 e. The highest BCUT2D eigenvalue weighted by molar-refractivity contribution is 4.55. The second-order valence-corrected chi connectivity index (χ2v) is 3.45. The van der Waals surface area contributed by atoms with Crippen LogP contribution in [0.15, 0.2) is 0 Å². The van der Waals surface area contributed by atoms with E-state index in [1.807, 2.05) is 0 Å². The summed E-state index contributed by atoms with van der Waals surface area (Å²) in [6.07, 6.45) is 5.30. The van der Waals surface area contributed by atoms with Crippen LogP contribution in [0.3, 0.4) is 0 Å². The third-order valence-corrected chi connectivity index (χ3v) is 1.98. The standard InChI is InChI=1S/C10H23N/c1-4-6-8-11-9-10(3)7-5-2/h10-11H,4-9H2,1-3H3. The summed E-state index contributed by atoms with van der Waals surface area (Å²) in [5, 5.41) is 3.47. The van der Waals surface area contributed by atoms with Gasteiger partial charge >= 0.3 is 0 Å². The second-order valence-electron chi connectivity index (χ2n) is 3.45. The van der Waals surface area contributed by atoms with Crippen LogP contribution >= 0.6 is 0 Å². The molecule has 68 valence electrons. The van der Waals surface area contributed by atoms with Gasteiger partial charge in [-0.05, 0) is 31.8 Å². The molecule has 1 atom stereocenters. The zero-order chi connectivity index (χ0) is 8.53. The highest BCUT2D eigenvalue weighted by Gasteiger charge is 1.97. The smallest absolute Gasteiger partial charge is 0.00232 e. The summed E-state index contributed by atoms with van der Waals surface area (Å²) in [4.78, 5) is 0. The van der Waals surface area contributed by atoms with Gasteiger partial charge in [-0.1, -0.05) is 33.6 Å². The van der Waals surface area contributed by atoms with Crippen molar-refractivity contribution in [2.75, 3.05) is 13.1 Å². The molecule has 11 heavy (non-hydrogen) atoms. The summed E-state index contributed by atoms with van der Waals surface area (Å²) in [7, 11) is 0. The molecule has 1 heteroatoms. The highest BCUT2D eigenvalue weighted by Crippen LogP contribution is 2.02. The number of hydrogen-bond donors (Lipinski definition) is 1. The molecule has 0 bridgehead atoms. The van der Waals surface area contributed by atoms with E-state index in [1.54, 1.807) is 0 Å². The van der Waals surface area contributed by atoms with E-state index < -0.39 is 0 Å². The lowest BCUT2D eigenvalue weighted by Crippen LogP contribution is -2.21. The zero-order valence-electron chi connectivity index (χ0n) is 8.32. The van der Waals surface area contributed by atoms with Crippen LogP contribution in [-0.4, -0.2) is 13.1 Å². The van der Waals surface area contributed by atoms with Gasteiger partial charge in [-0.3, -0.25) is 0 Å². The van der Waals surface area contributed by atoms with Gasteiger partial charge in [0.15, 0.2) is 0 Å². The maximum Gasteiger partial charge on any atom is -0.00232 e. The summed E-state index contributed by atoms with van der Waals surface area (Å²) in [6, 6.07) is 0. The summed E-state index contributed by atoms with van der Waals surface area (Å²) in [5.41, 5.74) is 0. The maximum atomic E-state index is 3.47. The molecule has 0 rings (SSSR count). The first-order valence-electron chi connectivity index (χ1n) is 5.02. The quantitative estimate of drug-likeness (QED) is 0.560. The number of rotatable bonds is 7. The Balaban J connectivity index is 2.97. The highest BCUT2D eigenvalue weighted by atomic mass is 14.8. The van der Waals surface area contributed by atoms with Gasteiger partial charge in [-0.2, -0.15) is 0 Å². The minimum atomic E-state index is 0.858. The van der Waals surface area contributed by atoms with Crippen LogP contribution < -0.4 is 5.32 Å². The zero-order valence-corrected chi connectivity index (χ0v) is 8.32. The molecule has 0 saturated heterocycles. The van der Waals surface area contributed by atoms with Crippen LogP contribution in [0.4, 0.5) is 0 Å². The first kappa shape index (κ1) is 11.0. The molecule has 0 heterocycles. The van der Waals surface area contributed by atoms with E-state index in [0.29, 0.717) is 0 Å². The first-order valence-corrected chi connectivity index (χ1v) is 5.02. The summed E-state index contributed by atoms with van der Waals surface area (Å²) >= 11 is 0. The second kappa shape index (κ2) is 8.06. The van der Waals surface area contributed by atoms with Crippen molar-refractivity contribution in [2.24, 2.45) is 5.92 Å². The van der Waals surface area contributed by atoms with Crippen LogP contribution in [0.1, 0.15) is 46.5 Å². The number of hydrogen-bond acceptors (Lipinski definition) is 1. The van der Waals surface area contributed by atoms with Crippen molar-refractivity contribution in [3.63, 3.8) is 0 Å². The van der Waals surface area contributed by atoms with Gasteiger partial charge in [0, 0.05) is 0 Å². The Bertz CT molecular complexity index is 71.3. The van der Waals surface area contributed by atoms with E-state index in [9.17, 15) is 0 Å². The first-order chi connectivity index (χ1) is 5.31. The lowest BCUT2D eigenvalue weighted by Gasteiger charge is -2.10. The van der Waals surface area contributed by atoms with Gasteiger partial charge in [0.05, 0.1) is 0 Å². The van der Waals surface area contributed by atoms with Gasteiger partial charge < -0.3 is 5.32 Å². The molecule has 1 N–H and O–H groups in total. The van der Waals surface area contributed by atoms with E-state index in [1.165, 1.54) is 38.8 Å².